The predicted octanol–water partition coefficient (Wildman–Crippen LogP) is 4.53. The van der Waals surface area contributed by atoms with Gasteiger partial charge in [-0.1, -0.05) is 12.1 Å². The molecule has 16 nitrogen and oxygen atoms in total. The summed E-state index contributed by atoms with van der Waals surface area (Å²) >= 11 is 0. The Labute approximate surface area is 264 Å². The van der Waals surface area contributed by atoms with Gasteiger partial charge in [0, 0.05) is 24.3 Å². The zero-order chi connectivity index (χ0) is 34.1. The van der Waals surface area contributed by atoms with Crippen molar-refractivity contribution in [2.45, 2.75) is 6.42 Å². The molecule has 4 rings (SSSR count). The van der Waals surface area contributed by atoms with Crippen LogP contribution in [0.1, 0.15) is 31.8 Å². The summed E-state index contributed by atoms with van der Waals surface area (Å²) in [6.45, 7) is -0.995. The number of rotatable bonds is 14. The highest BCUT2D eigenvalue weighted by molar-refractivity contribution is 6.02. The van der Waals surface area contributed by atoms with Crippen molar-refractivity contribution in [1.82, 2.24) is 0 Å². The summed E-state index contributed by atoms with van der Waals surface area (Å²) in [5, 5.41) is 45.9. The number of carboxylic acid groups (broad SMARTS) is 2. The van der Waals surface area contributed by atoms with Crippen LogP contribution in [-0.4, -0.2) is 57.0 Å². The fourth-order valence-electron chi connectivity index (χ4n) is 4.21. The average Bonchev–Trinajstić information content (AvgIpc) is 3.04. The first-order chi connectivity index (χ1) is 22.4. The van der Waals surface area contributed by atoms with Gasteiger partial charge in [-0.15, -0.1) is 0 Å². The molecule has 0 unspecified atom stereocenters. The molecule has 4 N–H and O–H groups in total. The van der Waals surface area contributed by atoms with Gasteiger partial charge in [0.1, 0.15) is 11.5 Å². The van der Waals surface area contributed by atoms with Crippen molar-refractivity contribution in [2.24, 2.45) is 0 Å². The summed E-state index contributed by atoms with van der Waals surface area (Å²) in [6, 6.07) is 18.6. The van der Waals surface area contributed by atoms with Crippen LogP contribution in [0, 0.1) is 20.2 Å². The molecule has 0 aliphatic heterocycles. The minimum atomic E-state index is -1.33. The van der Waals surface area contributed by atoms with Gasteiger partial charge in [-0.25, -0.2) is 9.59 Å². The fraction of sp³-hybridized carbons (Fsp3) is 0.0968. The van der Waals surface area contributed by atoms with Gasteiger partial charge in [-0.05, 0) is 66.1 Å². The highest BCUT2D eigenvalue weighted by Crippen LogP contribution is 2.24. The molecule has 0 aromatic heterocycles. The molecule has 4 aromatic rings. The number of carbonyl (C=O) groups is 4. The molecular weight excluding hydrogens is 620 g/mol. The van der Waals surface area contributed by atoms with Gasteiger partial charge >= 0.3 is 11.9 Å². The largest absolute Gasteiger partial charge is 0.484 e. The zero-order valence-corrected chi connectivity index (χ0v) is 24.1. The first-order valence-electron chi connectivity index (χ1n) is 13.5. The Balaban J connectivity index is 1.39. The lowest BCUT2D eigenvalue weighted by Crippen LogP contribution is -2.22. The first-order valence-corrected chi connectivity index (χ1v) is 13.5. The van der Waals surface area contributed by atoms with Gasteiger partial charge in [-0.2, -0.15) is 0 Å². The van der Waals surface area contributed by atoms with Crippen molar-refractivity contribution in [3.05, 3.63) is 127 Å². The van der Waals surface area contributed by atoms with E-state index in [0.29, 0.717) is 11.1 Å². The predicted molar refractivity (Wildman–Crippen MR) is 164 cm³/mol. The number of non-ortho nitro benzene ring substituents is 2. The van der Waals surface area contributed by atoms with E-state index in [1.807, 2.05) is 0 Å². The molecule has 240 valence electrons. The quantitative estimate of drug-likeness (QED) is 0.109. The highest BCUT2D eigenvalue weighted by Gasteiger charge is 2.17. The Kier molecular flexibility index (Phi) is 10.4. The Morgan fingerprint density at radius 2 is 0.957 bits per heavy atom. The number of aromatic carboxylic acids is 2. The Morgan fingerprint density at radius 1 is 0.596 bits per heavy atom. The third-order valence-corrected chi connectivity index (χ3v) is 6.42. The van der Waals surface area contributed by atoms with Gasteiger partial charge in [0.05, 0.1) is 32.3 Å². The molecule has 0 saturated carbocycles. The SMILES string of the molecule is O=C(COc1ccc([N+](=O)[O-])cc1)Nc1ccc(Cc2ccc(NC(=O)COc3ccc([N+](=O)[O-])cc3)c(C(=O)O)c2)cc1C(=O)O. The second-order valence-corrected chi connectivity index (χ2v) is 9.72. The van der Waals surface area contributed by atoms with Crippen LogP contribution in [0.15, 0.2) is 84.9 Å². The molecule has 0 atom stereocenters. The molecule has 0 heterocycles. The number of nitro benzene ring substituents is 2. The standard InChI is InChI=1S/C31H24N4O12/c36-28(16-46-22-7-3-20(4-8-22)34(42)43)32-26-11-1-18(14-24(26)30(38)39)13-19-2-12-27(25(15-19)31(40)41)33-29(37)17-47-23-9-5-21(6-10-23)35(44)45/h1-12,14-15H,13,16-17H2,(H,32,36)(H,33,37)(H,38,39)(H,40,41). The molecule has 2 amide bonds. The molecule has 0 aliphatic carbocycles. The number of carboxylic acids is 2. The Hall–Kier alpha value is -6.84. The van der Waals surface area contributed by atoms with Gasteiger partial charge in [-0.3, -0.25) is 29.8 Å². The summed E-state index contributed by atoms with van der Waals surface area (Å²) in [5.41, 5.74) is 0.150. The lowest BCUT2D eigenvalue weighted by atomic mass is 9.99. The van der Waals surface area contributed by atoms with E-state index in [1.54, 1.807) is 12.1 Å². The number of nitrogens with one attached hydrogen (secondary N) is 2. The fourth-order valence-corrected chi connectivity index (χ4v) is 4.21. The molecule has 0 saturated heterocycles. The minimum Gasteiger partial charge on any atom is -0.484 e. The maximum absolute atomic E-state index is 12.4. The normalized spacial score (nSPS) is 10.4. The Morgan fingerprint density at radius 3 is 1.28 bits per heavy atom. The molecule has 47 heavy (non-hydrogen) atoms. The third kappa shape index (κ3) is 9.08. The zero-order valence-electron chi connectivity index (χ0n) is 24.1. The molecule has 0 radical (unpaired) electrons. The molecule has 16 heteroatoms. The van der Waals surface area contributed by atoms with Gasteiger partial charge in [0.2, 0.25) is 0 Å². The number of ether oxygens (including phenoxy) is 2. The van der Waals surface area contributed by atoms with Crippen LogP contribution in [0.5, 0.6) is 11.5 Å². The van der Waals surface area contributed by atoms with E-state index in [2.05, 4.69) is 10.6 Å². The number of anilines is 2. The monoisotopic (exact) mass is 644 g/mol. The van der Waals surface area contributed by atoms with E-state index < -0.39 is 46.8 Å². The van der Waals surface area contributed by atoms with Gasteiger partial charge < -0.3 is 30.3 Å². The number of benzene rings is 4. The van der Waals surface area contributed by atoms with Crippen molar-refractivity contribution < 1.29 is 48.7 Å². The first kappa shape index (κ1) is 33.1. The lowest BCUT2D eigenvalue weighted by Gasteiger charge is -2.13. The molecule has 0 spiro atoms. The maximum Gasteiger partial charge on any atom is 0.337 e. The van der Waals surface area contributed by atoms with Crippen LogP contribution in [0.3, 0.4) is 0 Å². The summed E-state index contributed by atoms with van der Waals surface area (Å²) in [6.07, 6.45) is 0.107. The van der Waals surface area contributed by atoms with Crippen molar-refractivity contribution in [1.29, 1.82) is 0 Å². The van der Waals surface area contributed by atoms with Crippen LogP contribution in [0.2, 0.25) is 0 Å². The number of nitro groups is 2. The highest BCUT2D eigenvalue weighted by atomic mass is 16.6. The average molecular weight is 645 g/mol. The summed E-state index contributed by atoms with van der Waals surface area (Å²) in [4.78, 5) is 69.1. The van der Waals surface area contributed by atoms with Crippen LogP contribution < -0.4 is 20.1 Å². The molecule has 0 bridgehead atoms. The van der Waals surface area contributed by atoms with Crippen LogP contribution >= 0.6 is 0 Å². The smallest absolute Gasteiger partial charge is 0.337 e. The molecule has 4 aromatic carbocycles. The maximum atomic E-state index is 12.4. The summed E-state index contributed by atoms with van der Waals surface area (Å²) < 4.78 is 10.6. The third-order valence-electron chi connectivity index (χ3n) is 6.42. The second-order valence-electron chi connectivity index (χ2n) is 9.72. The molecular formula is C31H24N4O12. The Bertz CT molecular complexity index is 1720. The number of hydrogen-bond donors (Lipinski definition) is 4. The summed E-state index contributed by atoms with van der Waals surface area (Å²) in [7, 11) is 0. The molecule has 0 aliphatic rings. The van der Waals surface area contributed by atoms with E-state index in [4.69, 9.17) is 9.47 Å². The van der Waals surface area contributed by atoms with Crippen molar-refractivity contribution in [3.8, 4) is 11.5 Å². The van der Waals surface area contributed by atoms with Crippen LogP contribution in [0.25, 0.3) is 0 Å². The number of nitrogens with zero attached hydrogens (tertiary/aromatic N) is 2. The van der Waals surface area contributed by atoms with Crippen LogP contribution in [0.4, 0.5) is 22.7 Å². The van der Waals surface area contributed by atoms with Gasteiger partial charge in [0.15, 0.2) is 13.2 Å². The summed E-state index contributed by atoms with van der Waals surface area (Å²) in [5.74, 6) is -3.64. The van der Waals surface area contributed by atoms with Crippen molar-refractivity contribution >= 4 is 46.5 Å². The van der Waals surface area contributed by atoms with Gasteiger partial charge in [0.25, 0.3) is 23.2 Å². The van der Waals surface area contributed by atoms with E-state index in [-0.39, 0.29) is 51.8 Å². The second kappa shape index (κ2) is 14.8. The van der Waals surface area contributed by atoms with Crippen molar-refractivity contribution in [3.63, 3.8) is 0 Å². The number of hydrogen-bond acceptors (Lipinski definition) is 10. The van der Waals surface area contributed by atoms with Crippen LogP contribution in [-0.2, 0) is 16.0 Å². The topological polar surface area (TPSA) is 238 Å². The number of amides is 2. The number of carbonyl (C=O) groups excluding carboxylic acids is 2. The van der Waals surface area contributed by atoms with E-state index in [0.717, 1.165) is 0 Å². The minimum absolute atomic E-state index is 0.0150. The molecule has 0 fully saturated rings. The van der Waals surface area contributed by atoms with Crippen molar-refractivity contribution in [2.75, 3.05) is 23.8 Å². The van der Waals surface area contributed by atoms with E-state index in [9.17, 15) is 49.6 Å². The van der Waals surface area contributed by atoms with E-state index >= 15 is 0 Å². The lowest BCUT2D eigenvalue weighted by molar-refractivity contribution is -0.385. The van der Waals surface area contributed by atoms with E-state index in [1.165, 1.54) is 72.8 Å².